The number of carbonyl (C=O) groups is 2. The highest BCUT2D eigenvalue weighted by molar-refractivity contribution is 5.93. The van der Waals surface area contributed by atoms with E-state index in [1.807, 2.05) is 0 Å². The van der Waals surface area contributed by atoms with Crippen LogP contribution in [0.15, 0.2) is 18.2 Å². The molecule has 1 saturated carbocycles. The van der Waals surface area contributed by atoms with Gasteiger partial charge in [-0.25, -0.2) is 4.79 Å². The number of ether oxygens (including phenoxy) is 1. The van der Waals surface area contributed by atoms with E-state index >= 15 is 0 Å². The van der Waals surface area contributed by atoms with Crippen LogP contribution in [0.2, 0.25) is 0 Å². The summed E-state index contributed by atoms with van der Waals surface area (Å²) < 4.78 is 5.20. The second kappa shape index (κ2) is 8.29. The van der Waals surface area contributed by atoms with Gasteiger partial charge in [0.15, 0.2) is 6.10 Å². The number of carbonyl (C=O) groups excluding carboxylic acids is 2. The molecule has 1 aliphatic rings. The summed E-state index contributed by atoms with van der Waals surface area (Å²) >= 11 is 0. The predicted molar refractivity (Wildman–Crippen MR) is 96.8 cm³/mol. The summed E-state index contributed by atoms with van der Waals surface area (Å²) in [4.78, 5) is 35.0. The van der Waals surface area contributed by atoms with Crippen LogP contribution in [0.25, 0.3) is 0 Å². The molecule has 1 fully saturated rings. The number of hydrogen-bond donors (Lipinski definition) is 1. The number of nitrogens with one attached hydrogen (secondary N) is 1. The van der Waals surface area contributed by atoms with Crippen molar-refractivity contribution >= 4 is 17.6 Å². The smallest absolute Gasteiger partial charge is 0.339 e. The fourth-order valence-electron chi connectivity index (χ4n) is 3.30. The van der Waals surface area contributed by atoms with E-state index in [0.29, 0.717) is 17.4 Å². The Bertz CT molecular complexity index is 703. The normalized spacial score (nSPS) is 23.8. The number of amides is 1. The molecule has 0 unspecified atom stereocenters. The molecule has 7 nitrogen and oxygen atoms in total. The molecule has 0 aromatic heterocycles. The Balaban J connectivity index is 1.99. The van der Waals surface area contributed by atoms with Crippen molar-refractivity contribution in [3.8, 4) is 0 Å². The molecular weight excluding hydrogens is 336 g/mol. The zero-order valence-electron chi connectivity index (χ0n) is 15.7. The highest BCUT2D eigenvalue weighted by Gasteiger charge is 2.30. The number of esters is 1. The first kappa shape index (κ1) is 19.9. The average Bonchev–Trinajstić information content (AvgIpc) is 2.58. The molecule has 0 bridgehead atoms. The Morgan fingerprint density at radius 1 is 1.31 bits per heavy atom. The van der Waals surface area contributed by atoms with Gasteiger partial charge in [-0.2, -0.15) is 0 Å². The Morgan fingerprint density at radius 2 is 2.00 bits per heavy atom. The number of nitro groups is 1. The van der Waals surface area contributed by atoms with Gasteiger partial charge in [-0.3, -0.25) is 14.9 Å². The maximum Gasteiger partial charge on any atom is 0.339 e. The van der Waals surface area contributed by atoms with Crippen molar-refractivity contribution in [1.29, 1.82) is 0 Å². The first-order valence-corrected chi connectivity index (χ1v) is 8.97. The second-order valence-corrected chi connectivity index (χ2v) is 7.19. The molecule has 1 N–H and O–H groups in total. The maximum absolute atomic E-state index is 12.4. The highest BCUT2D eigenvalue weighted by atomic mass is 16.6. The van der Waals surface area contributed by atoms with Gasteiger partial charge in [0.2, 0.25) is 0 Å². The Hall–Kier alpha value is -2.44. The van der Waals surface area contributed by atoms with Gasteiger partial charge >= 0.3 is 5.97 Å². The molecule has 142 valence electrons. The van der Waals surface area contributed by atoms with Crippen molar-refractivity contribution in [3.63, 3.8) is 0 Å². The van der Waals surface area contributed by atoms with Crippen molar-refractivity contribution in [2.45, 2.75) is 59.1 Å². The van der Waals surface area contributed by atoms with Gasteiger partial charge in [-0.1, -0.05) is 32.8 Å². The van der Waals surface area contributed by atoms with Crippen LogP contribution < -0.4 is 5.32 Å². The summed E-state index contributed by atoms with van der Waals surface area (Å²) in [6.45, 7) is 7.40. The minimum atomic E-state index is -0.965. The molecule has 0 aliphatic heterocycles. The van der Waals surface area contributed by atoms with E-state index < -0.39 is 17.0 Å². The van der Waals surface area contributed by atoms with Crippen LogP contribution in [0.4, 0.5) is 5.69 Å². The molecule has 1 amide bonds. The molecule has 1 aromatic rings. The Kier molecular flexibility index (Phi) is 6.34. The van der Waals surface area contributed by atoms with E-state index in [9.17, 15) is 19.7 Å². The summed E-state index contributed by atoms with van der Waals surface area (Å²) in [7, 11) is 0. The third-order valence-electron chi connectivity index (χ3n) is 5.33. The van der Waals surface area contributed by atoms with E-state index in [1.165, 1.54) is 25.1 Å². The molecule has 0 saturated heterocycles. The van der Waals surface area contributed by atoms with Gasteiger partial charge in [0.1, 0.15) is 0 Å². The minimum absolute atomic E-state index is 0.0570. The van der Waals surface area contributed by atoms with Crippen molar-refractivity contribution in [2.24, 2.45) is 11.8 Å². The topological polar surface area (TPSA) is 98.5 Å². The molecule has 2 rings (SSSR count). The lowest BCUT2D eigenvalue weighted by molar-refractivity contribution is -0.385. The fourth-order valence-corrected chi connectivity index (χ4v) is 3.30. The van der Waals surface area contributed by atoms with E-state index in [-0.39, 0.29) is 23.2 Å². The quantitative estimate of drug-likeness (QED) is 0.492. The molecule has 4 atom stereocenters. The van der Waals surface area contributed by atoms with Crippen molar-refractivity contribution in [3.05, 3.63) is 39.4 Å². The molecule has 0 radical (unpaired) electrons. The summed E-state index contributed by atoms with van der Waals surface area (Å²) in [5.74, 6) is -0.179. The lowest BCUT2D eigenvalue weighted by Crippen LogP contribution is -2.47. The van der Waals surface area contributed by atoms with Crippen LogP contribution in [0, 0.1) is 28.9 Å². The largest absolute Gasteiger partial charge is 0.449 e. The standard InChI is InChI=1S/C19H26N2O5/c1-11-6-5-7-16(13(11)3)20-18(22)14(4)26-19(23)15-9-8-12(2)17(10-15)21(24)25/h8-11,13-14,16H,5-7H2,1-4H3,(H,20,22)/t11-,13-,14+,16+/m0/s1. The molecule has 1 aromatic carbocycles. The highest BCUT2D eigenvalue weighted by Crippen LogP contribution is 2.29. The molecular formula is C19H26N2O5. The molecule has 0 spiro atoms. The van der Waals surface area contributed by atoms with E-state index in [2.05, 4.69) is 19.2 Å². The van der Waals surface area contributed by atoms with Gasteiger partial charge in [-0.15, -0.1) is 0 Å². The predicted octanol–water partition coefficient (Wildman–Crippen LogP) is 3.39. The van der Waals surface area contributed by atoms with Gasteiger partial charge in [0.25, 0.3) is 11.6 Å². The molecule has 0 heterocycles. The fraction of sp³-hybridized carbons (Fsp3) is 0.579. The zero-order chi connectivity index (χ0) is 19.4. The van der Waals surface area contributed by atoms with E-state index in [4.69, 9.17) is 4.74 Å². The van der Waals surface area contributed by atoms with Crippen molar-refractivity contribution < 1.29 is 19.2 Å². The van der Waals surface area contributed by atoms with Crippen molar-refractivity contribution in [2.75, 3.05) is 0 Å². The number of hydrogen-bond acceptors (Lipinski definition) is 5. The Labute approximate surface area is 153 Å². The number of nitrogens with zero attached hydrogens (tertiary/aromatic N) is 1. The second-order valence-electron chi connectivity index (χ2n) is 7.19. The third-order valence-corrected chi connectivity index (χ3v) is 5.33. The van der Waals surface area contributed by atoms with E-state index in [1.54, 1.807) is 6.92 Å². The first-order chi connectivity index (χ1) is 12.2. The zero-order valence-corrected chi connectivity index (χ0v) is 15.7. The minimum Gasteiger partial charge on any atom is -0.449 e. The van der Waals surface area contributed by atoms with Crippen LogP contribution in [-0.4, -0.2) is 28.9 Å². The van der Waals surface area contributed by atoms with Gasteiger partial charge in [-0.05, 0) is 38.2 Å². The monoisotopic (exact) mass is 362 g/mol. The summed E-state index contributed by atoms with van der Waals surface area (Å²) in [5.41, 5.74) is 0.362. The van der Waals surface area contributed by atoms with E-state index in [0.717, 1.165) is 19.3 Å². The van der Waals surface area contributed by atoms with Crippen LogP contribution in [-0.2, 0) is 9.53 Å². The number of aryl methyl sites for hydroxylation is 1. The molecule has 7 heteroatoms. The molecule has 1 aliphatic carbocycles. The Morgan fingerprint density at radius 3 is 2.65 bits per heavy atom. The van der Waals surface area contributed by atoms with Crippen LogP contribution >= 0.6 is 0 Å². The summed E-state index contributed by atoms with van der Waals surface area (Å²) in [5, 5.41) is 14.0. The van der Waals surface area contributed by atoms with Gasteiger partial charge in [0.05, 0.1) is 10.5 Å². The summed E-state index contributed by atoms with van der Waals surface area (Å²) in [6.07, 6.45) is 2.18. The number of benzene rings is 1. The van der Waals surface area contributed by atoms with Crippen LogP contribution in [0.3, 0.4) is 0 Å². The molecule has 26 heavy (non-hydrogen) atoms. The number of nitro benzene ring substituents is 1. The van der Waals surface area contributed by atoms with Crippen LogP contribution in [0.1, 0.15) is 56.0 Å². The average molecular weight is 362 g/mol. The SMILES string of the molecule is Cc1ccc(C(=O)O[C@H](C)C(=O)N[C@@H]2CCC[C@H](C)[C@@H]2C)cc1[N+](=O)[O-]. The first-order valence-electron chi connectivity index (χ1n) is 8.97. The third kappa shape index (κ3) is 4.59. The number of rotatable bonds is 5. The lowest BCUT2D eigenvalue weighted by atomic mass is 9.78. The van der Waals surface area contributed by atoms with Gasteiger partial charge in [0, 0.05) is 17.7 Å². The van der Waals surface area contributed by atoms with Crippen LogP contribution in [0.5, 0.6) is 0 Å². The van der Waals surface area contributed by atoms with Gasteiger partial charge < -0.3 is 10.1 Å². The van der Waals surface area contributed by atoms with Crippen molar-refractivity contribution in [1.82, 2.24) is 5.32 Å². The summed E-state index contributed by atoms with van der Waals surface area (Å²) in [6, 6.07) is 4.20. The maximum atomic E-state index is 12.4. The lowest BCUT2D eigenvalue weighted by Gasteiger charge is -2.35.